The molecule has 1 heteroatoms. The van der Waals surface area contributed by atoms with E-state index >= 15 is 0 Å². The van der Waals surface area contributed by atoms with Crippen LogP contribution in [-0.2, 0) is 12.8 Å². The van der Waals surface area contributed by atoms with Crippen molar-refractivity contribution in [2.75, 3.05) is 0 Å². The lowest BCUT2D eigenvalue weighted by Gasteiger charge is -2.23. The van der Waals surface area contributed by atoms with Gasteiger partial charge in [0.15, 0.2) is 0 Å². The van der Waals surface area contributed by atoms with Crippen LogP contribution in [0, 0.1) is 11.8 Å². The first-order chi connectivity index (χ1) is 6.90. The third-order valence-corrected chi connectivity index (χ3v) is 3.62. The summed E-state index contributed by atoms with van der Waals surface area (Å²) in [6, 6.07) is 4.38. The number of hydrogen-bond acceptors (Lipinski definition) is 1. The van der Waals surface area contributed by atoms with E-state index in [0.29, 0.717) is 0 Å². The largest absolute Gasteiger partial charge is 0.466 e. The maximum Gasteiger partial charge on any atom is 0.104 e. The Labute approximate surface area is 85.5 Å². The first-order valence-corrected chi connectivity index (χ1v) is 5.98. The fourth-order valence-corrected chi connectivity index (χ4v) is 2.23. The maximum absolute atomic E-state index is 5.84. The molecular weight excluding hydrogens is 172 g/mol. The van der Waals surface area contributed by atoms with E-state index in [2.05, 4.69) is 12.1 Å². The van der Waals surface area contributed by atoms with Gasteiger partial charge in [-0.15, -0.1) is 0 Å². The Bertz CT molecular complexity index is 305. The van der Waals surface area contributed by atoms with Crippen molar-refractivity contribution in [2.45, 2.75) is 44.9 Å². The molecule has 0 unspecified atom stereocenters. The molecule has 0 amide bonds. The van der Waals surface area contributed by atoms with Crippen molar-refractivity contribution in [1.82, 2.24) is 0 Å². The quantitative estimate of drug-likeness (QED) is 0.707. The highest BCUT2D eigenvalue weighted by molar-refractivity contribution is 5.09. The van der Waals surface area contributed by atoms with Crippen LogP contribution in [-0.4, -0.2) is 0 Å². The topological polar surface area (TPSA) is 13.1 Å². The molecular formula is C13H18O. The average Bonchev–Trinajstić information content (AvgIpc) is 2.78. The van der Waals surface area contributed by atoms with Crippen LogP contribution in [0.2, 0.25) is 0 Å². The van der Waals surface area contributed by atoms with Gasteiger partial charge in [0.1, 0.15) is 11.5 Å². The summed E-state index contributed by atoms with van der Waals surface area (Å²) in [7, 11) is 0. The summed E-state index contributed by atoms with van der Waals surface area (Å²) in [6.45, 7) is 0. The summed E-state index contributed by atoms with van der Waals surface area (Å²) in [5, 5.41) is 0. The highest BCUT2D eigenvalue weighted by Gasteiger charge is 2.24. The van der Waals surface area contributed by atoms with E-state index in [1.54, 1.807) is 0 Å². The van der Waals surface area contributed by atoms with Crippen LogP contribution in [0.25, 0.3) is 0 Å². The average molecular weight is 190 g/mol. The Morgan fingerprint density at radius 2 is 1.50 bits per heavy atom. The van der Waals surface area contributed by atoms with Crippen LogP contribution < -0.4 is 0 Å². The molecule has 0 saturated heterocycles. The van der Waals surface area contributed by atoms with Gasteiger partial charge in [0, 0.05) is 12.8 Å². The van der Waals surface area contributed by atoms with E-state index in [-0.39, 0.29) is 0 Å². The van der Waals surface area contributed by atoms with Crippen LogP contribution in [0.3, 0.4) is 0 Å². The zero-order chi connectivity index (χ0) is 9.38. The van der Waals surface area contributed by atoms with Gasteiger partial charge in [0.05, 0.1) is 0 Å². The summed E-state index contributed by atoms with van der Waals surface area (Å²) in [4.78, 5) is 0. The van der Waals surface area contributed by atoms with Crippen LogP contribution in [0.4, 0.5) is 0 Å². The first-order valence-electron chi connectivity index (χ1n) is 5.98. The summed E-state index contributed by atoms with van der Waals surface area (Å²) in [5.74, 6) is 4.32. The Hall–Kier alpha value is -0.720. The molecule has 76 valence electrons. The predicted molar refractivity (Wildman–Crippen MR) is 56.2 cm³/mol. The Morgan fingerprint density at radius 3 is 1.93 bits per heavy atom. The molecule has 0 radical (unpaired) electrons. The highest BCUT2D eigenvalue weighted by Crippen LogP contribution is 2.34. The van der Waals surface area contributed by atoms with E-state index in [1.165, 1.54) is 56.5 Å². The van der Waals surface area contributed by atoms with E-state index < -0.39 is 0 Å². The van der Waals surface area contributed by atoms with E-state index in [4.69, 9.17) is 4.42 Å². The second-order valence-corrected chi connectivity index (χ2v) is 5.02. The molecule has 2 fully saturated rings. The van der Waals surface area contributed by atoms with Crippen molar-refractivity contribution < 1.29 is 4.42 Å². The molecule has 0 bridgehead atoms. The van der Waals surface area contributed by atoms with Crippen LogP contribution in [0.5, 0.6) is 0 Å². The minimum atomic E-state index is 0.926. The Kier molecular flexibility index (Phi) is 2.11. The van der Waals surface area contributed by atoms with E-state index in [1.807, 2.05) is 0 Å². The Morgan fingerprint density at radius 1 is 0.929 bits per heavy atom. The van der Waals surface area contributed by atoms with Crippen molar-refractivity contribution in [3.8, 4) is 0 Å². The van der Waals surface area contributed by atoms with Gasteiger partial charge in [-0.2, -0.15) is 0 Å². The minimum Gasteiger partial charge on any atom is -0.466 e. The molecule has 2 aliphatic rings. The van der Waals surface area contributed by atoms with Crippen molar-refractivity contribution in [2.24, 2.45) is 11.8 Å². The summed E-state index contributed by atoms with van der Waals surface area (Å²) < 4.78 is 5.84. The zero-order valence-electron chi connectivity index (χ0n) is 8.67. The molecule has 2 saturated carbocycles. The van der Waals surface area contributed by atoms with Crippen molar-refractivity contribution in [1.29, 1.82) is 0 Å². The summed E-state index contributed by atoms with van der Waals surface area (Å²) in [5.41, 5.74) is 0. The molecule has 1 aromatic rings. The van der Waals surface area contributed by atoms with Gasteiger partial charge >= 0.3 is 0 Å². The number of rotatable bonds is 4. The van der Waals surface area contributed by atoms with Gasteiger partial charge in [-0.1, -0.05) is 19.3 Å². The lowest BCUT2D eigenvalue weighted by molar-refractivity contribution is 0.291. The lowest BCUT2D eigenvalue weighted by Crippen LogP contribution is -2.13. The van der Waals surface area contributed by atoms with Crippen LogP contribution >= 0.6 is 0 Å². The van der Waals surface area contributed by atoms with Crippen LogP contribution in [0.15, 0.2) is 16.5 Å². The smallest absolute Gasteiger partial charge is 0.104 e. The Balaban J connectivity index is 1.57. The molecule has 0 atom stereocenters. The van der Waals surface area contributed by atoms with Gasteiger partial charge in [-0.3, -0.25) is 0 Å². The molecule has 1 nitrogen and oxygen atoms in total. The molecule has 0 aromatic carbocycles. The summed E-state index contributed by atoms with van der Waals surface area (Å²) >= 11 is 0. The van der Waals surface area contributed by atoms with Crippen LogP contribution in [0.1, 0.15) is 43.6 Å². The number of hydrogen-bond donors (Lipinski definition) is 0. The maximum atomic E-state index is 5.84. The molecule has 2 aliphatic carbocycles. The van der Waals surface area contributed by atoms with E-state index in [0.717, 1.165) is 11.8 Å². The second-order valence-electron chi connectivity index (χ2n) is 5.02. The van der Waals surface area contributed by atoms with Crippen molar-refractivity contribution in [3.05, 3.63) is 23.7 Å². The molecule has 0 N–H and O–H groups in total. The normalized spacial score (nSPS) is 22.3. The molecule has 1 aromatic heterocycles. The third kappa shape index (κ3) is 1.87. The predicted octanol–water partition coefficient (Wildman–Crippen LogP) is 3.57. The SMILES string of the molecule is c1cc(CC2CC2)oc1CC1CCC1. The molecule has 14 heavy (non-hydrogen) atoms. The van der Waals surface area contributed by atoms with Crippen molar-refractivity contribution >= 4 is 0 Å². The second kappa shape index (κ2) is 3.45. The molecule has 1 heterocycles. The van der Waals surface area contributed by atoms with E-state index in [9.17, 15) is 0 Å². The molecule has 0 spiro atoms. The highest BCUT2D eigenvalue weighted by atomic mass is 16.3. The standard InChI is InChI=1S/C13H18O/c1-2-10(3-1)8-12-6-7-13(14-12)9-11-4-5-11/h6-7,10-11H,1-5,8-9H2. The fourth-order valence-electron chi connectivity index (χ4n) is 2.23. The monoisotopic (exact) mass is 190 g/mol. The van der Waals surface area contributed by atoms with Gasteiger partial charge in [0.25, 0.3) is 0 Å². The number of furan rings is 1. The fraction of sp³-hybridized carbons (Fsp3) is 0.692. The van der Waals surface area contributed by atoms with Gasteiger partial charge in [0.2, 0.25) is 0 Å². The van der Waals surface area contributed by atoms with Gasteiger partial charge < -0.3 is 4.42 Å². The van der Waals surface area contributed by atoms with Crippen molar-refractivity contribution in [3.63, 3.8) is 0 Å². The third-order valence-electron chi connectivity index (χ3n) is 3.62. The zero-order valence-corrected chi connectivity index (χ0v) is 8.67. The van der Waals surface area contributed by atoms with Gasteiger partial charge in [-0.25, -0.2) is 0 Å². The lowest BCUT2D eigenvalue weighted by atomic mass is 9.82. The molecule has 3 rings (SSSR count). The molecule has 0 aliphatic heterocycles. The minimum absolute atomic E-state index is 0.926. The first kappa shape index (κ1) is 8.58. The summed E-state index contributed by atoms with van der Waals surface area (Å²) in [6.07, 6.45) is 9.46. The van der Waals surface area contributed by atoms with Gasteiger partial charge in [-0.05, 0) is 36.8 Å².